The van der Waals surface area contributed by atoms with Crippen molar-refractivity contribution in [2.24, 2.45) is 0 Å². The van der Waals surface area contributed by atoms with Crippen LogP contribution < -0.4 is 0 Å². The maximum atomic E-state index is 2.57. The Hall–Kier alpha value is -2.84. The Morgan fingerprint density at radius 1 is 0.786 bits per heavy atom. The molecule has 0 N–H and O–H groups in total. The molecule has 1 aliphatic rings. The van der Waals surface area contributed by atoms with E-state index in [-0.39, 0.29) is 0 Å². The lowest BCUT2D eigenvalue weighted by Crippen LogP contribution is -2.17. The van der Waals surface area contributed by atoms with Gasteiger partial charge in [-0.3, -0.25) is 0 Å². The molecule has 4 aromatic rings. The summed E-state index contributed by atoms with van der Waals surface area (Å²) >= 11 is 0. The molecule has 0 radical (unpaired) electrons. The quantitative estimate of drug-likeness (QED) is 0.463. The lowest BCUT2D eigenvalue weighted by atomic mass is 9.97. The molecule has 0 fully saturated rings. The average Bonchev–Trinajstić information content (AvgIpc) is 2.95. The Balaban J connectivity index is 1.89. The van der Waals surface area contributed by atoms with E-state index in [9.17, 15) is 0 Å². The first kappa shape index (κ1) is 17.3. The molecule has 0 spiro atoms. The molecule has 0 saturated carbocycles. The van der Waals surface area contributed by atoms with Crippen molar-refractivity contribution in [1.29, 1.82) is 0 Å². The van der Waals surface area contributed by atoms with Gasteiger partial charge in [-0.2, -0.15) is 0 Å². The van der Waals surface area contributed by atoms with E-state index in [1.54, 1.807) is 0 Å². The Morgan fingerprint density at radius 3 is 2.32 bits per heavy atom. The van der Waals surface area contributed by atoms with Crippen molar-refractivity contribution in [2.45, 2.75) is 19.3 Å². The fourth-order valence-electron chi connectivity index (χ4n) is 4.63. The summed E-state index contributed by atoms with van der Waals surface area (Å²) in [5, 5.41) is 1.38. The first-order valence-electron chi connectivity index (χ1n) is 10.2. The fourth-order valence-corrected chi connectivity index (χ4v) is 4.63. The standard InChI is InChI=1S/C26H26N2/c1-27(2)18-17-24-25(20-10-4-3-5-11-20)22-13-8-12-21-16-15-19-9-6-7-14-23(19)28(24)26(21)22/h3-14H,15-18H2,1-2H3. The van der Waals surface area contributed by atoms with Gasteiger partial charge in [0.2, 0.25) is 0 Å². The molecule has 0 atom stereocenters. The largest absolute Gasteiger partial charge is 0.312 e. The molecular formula is C26H26N2. The number of likely N-dealkylation sites (N-methyl/N-ethyl adjacent to an activating group) is 1. The van der Waals surface area contributed by atoms with E-state index in [0.717, 1.165) is 25.8 Å². The highest BCUT2D eigenvalue weighted by atomic mass is 15.1. The van der Waals surface area contributed by atoms with Gasteiger partial charge in [0.25, 0.3) is 0 Å². The van der Waals surface area contributed by atoms with Crippen LogP contribution in [0.15, 0.2) is 72.8 Å². The Bertz CT molecular complexity index is 1140. The summed E-state index contributed by atoms with van der Waals surface area (Å²) in [4.78, 5) is 2.28. The minimum atomic E-state index is 1.03. The van der Waals surface area contributed by atoms with Crippen LogP contribution in [-0.4, -0.2) is 30.1 Å². The van der Waals surface area contributed by atoms with Gasteiger partial charge >= 0.3 is 0 Å². The van der Waals surface area contributed by atoms with Crippen LogP contribution in [0.1, 0.15) is 16.8 Å². The molecular weight excluding hydrogens is 340 g/mol. The van der Waals surface area contributed by atoms with E-state index in [1.165, 1.54) is 44.5 Å². The molecule has 3 aromatic carbocycles. The Kier molecular flexibility index (Phi) is 4.29. The van der Waals surface area contributed by atoms with Crippen LogP contribution in [0, 0.1) is 0 Å². The van der Waals surface area contributed by atoms with Crippen molar-refractivity contribution in [1.82, 2.24) is 9.47 Å². The summed E-state index contributed by atoms with van der Waals surface area (Å²) in [6, 6.07) is 26.7. The molecule has 1 aliphatic heterocycles. The van der Waals surface area contributed by atoms with Crippen molar-refractivity contribution in [2.75, 3.05) is 20.6 Å². The Morgan fingerprint density at radius 2 is 1.50 bits per heavy atom. The molecule has 0 unspecified atom stereocenters. The lowest BCUT2D eigenvalue weighted by molar-refractivity contribution is 0.411. The summed E-state index contributed by atoms with van der Waals surface area (Å²) in [6.45, 7) is 1.04. The smallest absolute Gasteiger partial charge is 0.0570 e. The van der Waals surface area contributed by atoms with Gasteiger partial charge in [0, 0.05) is 35.3 Å². The van der Waals surface area contributed by atoms with Gasteiger partial charge in [0.15, 0.2) is 0 Å². The third kappa shape index (κ3) is 2.76. The van der Waals surface area contributed by atoms with Gasteiger partial charge < -0.3 is 9.47 Å². The van der Waals surface area contributed by atoms with E-state index in [1.807, 2.05) is 0 Å². The number of aryl methyl sites for hydroxylation is 2. The zero-order valence-electron chi connectivity index (χ0n) is 16.7. The summed E-state index contributed by atoms with van der Waals surface area (Å²) in [5.41, 5.74) is 9.81. The summed E-state index contributed by atoms with van der Waals surface area (Å²) < 4.78 is 2.57. The van der Waals surface area contributed by atoms with Crippen LogP contribution in [0.3, 0.4) is 0 Å². The van der Waals surface area contributed by atoms with Gasteiger partial charge in [-0.25, -0.2) is 0 Å². The normalized spacial score (nSPS) is 13.0. The molecule has 0 saturated heterocycles. The molecule has 5 rings (SSSR count). The summed E-state index contributed by atoms with van der Waals surface area (Å²) in [6.07, 6.45) is 3.23. The fraction of sp³-hybridized carbons (Fsp3) is 0.231. The van der Waals surface area contributed by atoms with Crippen LogP contribution in [0.5, 0.6) is 0 Å². The molecule has 28 heavy (non-hydrogen) atoms. The maximum Gasteiger partial charge on any atom is 0.0570 e. The van der Waals surface area contributed by atoms with E-state index in [0.29, 0.717) is 0 Å². The second kappa shape index (κ2) is 6.96. The number of aromatic nitrogens is 1. The number of hydrogen-bond donors (Lipinski definition) is 0. The van der Waals surface area contributed by atoms with Crippen LogP contribution in [-0.2, 0) is 19.3 Å². The number of rotatable bonds is 4. The molecule has 2 heterocycles. The molecule has 0 amide bonds. The molecule has 140 valence electrons. The van der Waals surface area contributed by atoms with Gasteiger partial charge in [-0.1, -0.05) is 66.7 Å². The third-order valence-corrected chi connectivity index (χ3v) is 5.93. The van der Waals surface area contributed by atoms with E-state index < -0.39 is 0 Å². The van der Waals surface area contributed by atoms with Crippen LogP contribution in [0.25, 0.3) is 27.7 Å². The highest BCUT2D eigenvalue weighted by Crippen LogP contribution is 2.41. The molecule has 2 nitrogen and oxygen atoms in total. The topological polar surface area (TPSA) is 8.17 Å². The van der Waals surface area contributed by atoms with E-state index >= 15 is 0 Å². The van der Waals surface area contributed by atoms with Crippen molar-refractivity contribution < 1.29 is 0 Å². The molecule has 2 heteroatoms. The summed E-state index contributed by atoms with van der Waals surface area (Å²) in [5.74, 6) is 0. The predicted molar refractivity (Wildman–Crippen MR) is 118 cm³/mol. The molecule has 0 aliphatic carbocycles. The van der Waals surface area contributed by atoms with Crippen molar-refractivity contribution in [3.05, 3.63) is 89.6 Å². The van der Waals surface area contributed by atoms with Crippen LogP contribution >= 0.6 is 0 Å². The number of benzene rings is 3. The highest BCUT2D eigenvalue weighted by Gasteiger charge is 2.24. The van der Waals surface area contributed by atoms with Crippen LogP contribution in [0.2, 0.25) is 0 Å². The molecule has 1 aromatic heterocycles. The number of hydrogen-bond acceptors (Lipinski definition) is 1. The highest BCUT2D eigenvalue weighted by molar-refractivity contribution is 6.01. The second-order valence-corrected chi connectivity index (χ2v) is 8.02. The minimum Gasteiger partial charge on any atom is -0.312 e. The first-order chi connectivity index (χ1) is 13.7. The van der Waals surface area contributed by atoms with Crippen LogP contribution in [0.4, 0.5) is 0 Å². The number of nitrogens with zero attached hydrogens (tertiary/aromatic N) is 2. The monoisotopic (exact) mass is 366 g/mol. The van der Waals surface area contributed by atoms with Crippen molar-refractivity contribution in [3.8, 4) is 16.8 Å². The SMILES string of the molecule is CN(C)CCc1c(-c2ccccc2)c2cccc3c2n1-c1ccccc1CC3. The first-order valence-corrected chi connectivity index (χ1v) is 10.2. The Labute approximate surface area is 167 Å². The number of fused-ring (bicyclic) bond motifs is 2. The average molecular weight is 367 g/mol. The summed E-state index contributed by atoms with van der Waals surface area (Å²) in [7, 11) is 4.32. The predicted octanol–water partition coefficient (Wildman–Crippen LogP) is 5.50. The van der Waals surface area contributed by atoms with E-state index in [4.69, 9.17) is 0 Å². The lowest BCUT2D eigenvalue weighted by Gasteiger charge is -2.17. The maximum absolute atomic E-state index is 2.57. The third-order valence-electron chi connectivity index (χ3n) is 5.93. The minimum absolute atomic E-state index is 1.03. The zero-order valence-corrected chi connectivity index (χ0v) is 16.7. The van der Waals surface area contributed by atoms with Crippen molar-refractivity contribution in [3.63, 3.8) is 0 Å². The van der Waals surface area contributed by atoms with Crippen molar-refractivity contribution >= 4 is 10.9 Å². The second-order valence-electron chi connectivity index (χ2n) is 8.02. The van der Waals surface area contributed by atoms with Gasteiger partial charge in [-0.05, 0) is 49.7 Å². The van der Waals surface area contributed by atoms with Gasteiger partial charge in [-0.15, -0.1) is 0 Å². The molecule has 0 bridgehead atoms. The number of para-hydroxylation sites is 2. The van der Waals surface area contributed by atoms with E-state index in [2.05, 4.69) is 96.4 Å². The van der Waals surface area contributed by atoms with Gasteiger partial charge in [0.1, 0.15) is 0 Å². The van der Waals surface area contributed by atoms with Gasteiger partial charge in [0.05, 0.1) is 5.52 Å². The zero-order chi connectivity index (χ0) is 19.1.